The molecule has 1 amide bonds. The summed E-state index contributed by atoms with van der Waals surface area (Å²) < 4.78 is 5.28. The Balaban J connectivity index is 2.23. The van der Waals surface area contributed by atoms with Gasteiger partial charge in [-0.05, 0) is 18.9 Å². The molecule has 1 fully saturated rings. The van der Waals surface area contributed by atoms with Gasteiger partial charge in [-0.15, -0.1) is 0 Å². The number of nitrogens with zero attached hydrogens (tertiary/aromatic N) is 1. The summed E-state index contributed by atoms with van der Waals surface area (Å²) >= 11 is 0. The van der Waals surface area contributed by atoms with Crippen LogP contribution in [0.15, 0.2) is 42.5 Å². The minimum absolute atomic E-state index is 0.0196. The number of carbonyl (C=O) groups is 1. The first-order valence-electron chi connectivity index (χ1n) is 6.76. The van der Waals surface area contributed by atoms with Gasteiger partial charge < -0.3 is 9.64 Å². The largest absolute Gasteiger partial charge is 0.371 e. The number of hydrogen-bond acceptors (Lipinski definition) is 2. The van der Waals surface area contributed by atoms with Crippen LogP contribution in [0.4, 0.5) is 0 Å². The summed E-state index contributed by atoms with van der Waals surface area (Å²) in [5, 5.41) is 0. The van der Waals surface area contributed by atoms with Gasteiger partial charge in [0.1, 0.15) is 0 Å². The number of ether oxygens (including phenoxy) is 1. The van der Waals surface area contributed by atoms with E-state index in [0.717, 1.165) is 13.0 Å². The van der Waals surface area contributed by atoms with Gasteiger partial charge in [0.25, 0.3) is 0 Å². The monoisotopic (exact) mass is 259 g/mol. The molecule has 0 spiro atoms. The van der Waals surface area contributed by atoms with Crippen molar-refractivity contribution in [2.24, 2.45) is 0 Å². The minimum Gasteiger partial charge on any atom is -0.371 e. The van der Waals surface area contributed by atoms with Crippen LogP contribution in [0.3, 0.4) is 0 Å². The third-order valence-electron chi connectivity index (χ3n) is 3.38. The zero-order chi connectivity index (χ0) is 13.8. The van der Waals surface area contributed by atoms with Gasteiger partial charge in [0.2, 0.25) is 5.91 Å². The summed E-state index contributed by atoms with van der Waals surface area (Å²) in [7, 11) is 0. The molecular formula is C16H21NO2. The van der Waals surface area contributed by atoms with E-state index in [1.54, 1.807) is 6.92 Å². The first-order valence-corrected chi connectivity index (χ1v) is 6.76. The molecule has 0 aliphatic carbocycles. The van der Waals surface area contributed by atoms with Crippen molar-refractivity contribution >= 4 is 5.91 Å². The summed E-state index contributed by atoms with van der Waals surface area (Å²) in [4.78, 5) is 14.2. The van der Waals surface area contributed by atoms with Crippen LogP contribution in [0.2, 0.25) is 0 Å². The van der Waals surface area contributed by atoms with E-state index in [1.807, 2.05) is 23.1 Å². The molecule has 1 heterocycles. The molecule has 0 aromatic heterocycles. The molecule has 0 bridgehead atoms. The molecule has 3 nitrogen and oxygen atoms in total. The van der Waals surface area contributed by atoms with Crippen molar-refractivity contribution in [2.45, 2.75) is 32.4 Å². The molecule has 2 unspecified atom stereocenters. The topological polar surface area (TPSA) is 32.8 Å². The Bertz CT molecular complexity index is 451. The number of carbonyl (C=O) groups excluding carboxylic acids is 1. The van der Waals surface area contributed by atoms with Gasteiger partial charge >= 0.3 is 0 Å². The van der Waals surface area contributed by atoms with Gasteiger partial charge in [0.05, 0.1) is 25.3 Å². The van der Waals surface area contributed by atoms with E-state index in [4.69, 9.17) is 4.74 Å². The number of epoxide rings is 1. The van der Waals surface area contributed by atoms with Crippen molar-refractivity contribution in [3.8, 4) is 0 Å². The molecule has 19 heavy (non-hydrogen) atoms. The third-order valence-corrected chi connectivity index (χ3v) is 3.38. The summed E-state index contributed by atoms with van der Waals surface area (Å²) in [6.45, 7) is 9.06. The van der Waals surface area contributed by atoms with Gasteiger partial charge in [-0.2, -0.15) is 0 Å². The SMILES string of the molecule is C=C(C)C(=O)N(CC1CO1)C(CC)c1ccccc1. The van der Waals surface area contributed by atoms with Crippen molar-refractivity contribution in [1.29, 1.82) is 0 Å². The number of amides is 1. The highest BCUT2D eigenvalue weighted by molar-refractivity contribution is 5.92. The molecule has 0 saturated carbocycles. The average Bonchev–Trinajstić information content (AvgIpc) is 3.23. The maximum atomic E-state index is 12.4. The van der Waals surface area contributed by atoms with Gasteiger partial charge in [-0.1, -0.05) is 43.8 Å². The first kappa shape index (κ1) is 13.8. The predicted octanol–water partition coefficient (Wildman–Crippen LogP) is 2.94. The van der Waals surface area contributed by atoms with Crippen molar-refractivity contribution < 1.29 is 9.53 Å². The maximum Gasteiger partial charge on any atom is 0.249 e. The van der Waals surface area contributed by atoms with E-state index in [1.165, 1.54) is 5.56 Å². The zero-order valence-corrected chi connectivity index (χ0v) is 11.6. The second kappa shape index (κ2) is 6.02. The molecule has 0 radical (unpaired) electrons. The van der Waals surface area contributed by atoms with Gasteiger partial charge in [-0.3, -0.25) is 4.79 Å². The number of hydrogen-bond donors (Lipinski definition) is 0. The Kier molecular flexibility index (Phi) is 4.38. The van der Waals surface area contributed by atoms with Crippen LogP contribution >= 0.6 is 0 Å². The number of rotatable bonds is 6. The smallest absolute Gasteiger partial charge is 0.249 e. The van der Waals surface area contributed by atoms with E-state index in [-0.39, 0.29) is 18.1 Å². The van der Waals surface area contributed by atoms with E-state index in [2.05, 4.69) is 25.6 Å². The van der Waals surface area contributed by atoms with Crippen molar-refractivity contribution in [1.82, 2.24) is 4.90 Å². The molecule has 2 rings (SSSR count). The molecule has 1 aromatic rings. The molecule has 2 atom stereocenters. The van der Waals surface area contributed by atoms with Crippen LogP contribution in [0.25, 0.3) is 0 Å². The Hall–Kier alpha value is -1.61. The predicted molar refractivity (Wildman–Crippen MR) is 75.7 cm³/mol. The van der Waals surface area contributed by atoms with E-state index in [0.29, 0.717) is 12.1 Å². The molecule has 1 aliphatic rings. The Morgan fingerprint density at radius 1 is 1.47 bits per heavy atom. The highest BCUT2D eigenvalue weighted by Gasteiger charge is 2.32. The van der Waals surface area contributed by atoms with Crippen molar-refractivity contribution in [3.63, 3.8) is 0 Å². The molecule has 1 aromatic carbocycles. The summed E-state index contributed by atoms with van der Waals surface area (Å²) in [6, 6.07) is 10.2. The minimum atomic E-state index is 0.0196. The Morgan fingerprint density at radius 3 is 2.58 bits per heavy atom. The lowest BCUT2D eigenvalue weighted by Gasteiger charge is -2.31. The average molecular weight is 259 g/mol. The van der Waals surface area contributed by atoms with Crippen LogP contribution < -0.4 is 0 Å². The number of benzene rings is 1. The first-order chi connectivity index (χ1) is 9.13. The van der Waals surface area contributed by atoms with Crippen LogP contribution in [-0.2, 0) is 9.53 Å². The fourth-order valence-corrected chi connectivity index (χ4v) is 2.30. The fraction of sp³-hybridized carbons (Fsp3) is 0.438. The summed E-state index contributed by atoms with van der Waals surface area (Å²) in [6.07, 6.45) is 1.08. The fourth-order valence-electron chi connectivity index (χ4n) is 2.30. The molecule has 3 heteroatoms. The van der Waals surface area contributed by atoms with E-state index < -0.39 is 0 Å². The second-order valence-corrected chi connectivity index (χ2v) is 5.03. The quantitative estimate of drug-likeness (QED) is 0.581. The Labute approximate surface area is 114 Å². The van der Waals surface area contributed by atoms with Crippen molar-refractivity contribution in [2.75, 3.05) is 13.2 Å². The van der Waals surface area contributed by atoms with Crippen LogP contribution in [0, 0.1) is 0 Å². The molecule has 1 saturated heterocycles. The van der Waals surface area contributed by atoms with Gasteiger partial charge in [0.15, 0.2) is 0 Å². The van der Waals surface area contributed by atoms with E-state index in [9.17, 15) is 4.79 Å². The van der Waals surface area contributed by atoms with Gasteiger partial charge in [-0.25, -0.2) is 0 Å². The summed E-state index contributed by atoms with van der Waals surface area (Å²) in [5.41, 5.74) is 1.75. The molecule has 102 valence electrons. The highest BCUT2D eigenvalue weighted by Crippen LogP contribution is 2.27. The van der Waals surface area contributed by atoms with Crippen LogP contribution in [0.1, 0.15) is 31.9 Å². The molecule has 0 N–H and O–H groups in total. The zero-order valence-electron chi connectivity index (χ0n) is 11.6. The lowest BCUT2D eigenvalue weighted by molar-refractivity contribution is -0.129. The van der Waals surface area contributed by atoms with E-state index >= 15 is 0 Å². The van der Waals surface area contributed by atoms with Crippen LogP contribution in [-0.4, -0.2) is 30.1 Å². The highest BCUT2D eigenvalue weighted by atomic mass is 16.6. The normalized spacial score (nSPS) is 18.7. The second-order valence-electron chi connectivity index (χ2n) is 5.03. The third kappa shape index (κ3) is 3.44. The van der Waals surface area contributed by atoms with Gasteiger partial charge in [0, 0.05) is 5.57 Å². The lowest BCUT2D eigenvalue weighted by atomic mass is 10.0. The standard InChI is InChI=1S/C16H21NO2/c1-4-15(13-8-6-5-7-9-13)17(10-14-11-19-14)16(18)12(2)3/h5-9,14-15H,2,4,10-11H2,1,3H3. The van der Waals surface area contributed by atoms with Crippen LogP contribution in [0.5, 0.6) is 0 Å². The molecule has 1 aliphatic heterocycles. The summed E-state index contributed by atoms with van der Waals surface area (Å²) in [5.74, 6) is 0.0196. The lowest BCUT2D eigenvalue weighted by Crippen LogP contribution is -2.37. The Morgan fingerprint density at radius 2 is 2.11 bits per heavy atom. The molecular weight excluding hydrogens is 238 g/mol. The maximum absolute atomic E-state index is 12.4. The van der Waals surface area contributed by atoms with Crippen molar-refractivity contribution in [3.05, 3.63) is 48.0 Å².